The number of nitrogens with one attached hydrogen (secondary N) is 1. The standard InChI is InChI=1S/C14H16N4O/c1-17(10-11-5-3-2-4-6-11)14(19)12-9-16-18-8-7-15-13(12)18/h2-6,9,15H,7-8,10H2,1H3. The second kappa shape index (κ2) is 4.76. The lowest BCUT2D eigenvalue weighted by molar-refractivity contribution is 0.0786. The molecule has 19 heavy (non-hydrogen) atoms. The van der Waals surface area contributed by atoms with Gasteiger partial charge >= 0.3 is 0 Å². The van der Waals surface area contributed by atoms with Crippen LogP contribution in [0.25, 0.3) is 0 Å². The zero-order valence-electron chi connectivity index (χ0n) is 10.8. The van der Waals surface area contributed by atoms with Crippen molar-refractivity contribution < 1.29 is 4.79 Å². The summed E-state index contributed by atoms with van der Waals surface area (Å²) in [5.74, 6) is 0.837. The van der Waals surface area contributed by atoms with E-state index in [2.05, 4.69) is 10.4 Å². The Morgan fingerprint density at radius 1 is 1.42 bits per heavy atom. The number of anilines is 1. The maximum atomic E-state index is 12.4. The van der Waals surface area contributed by atoms with E-state index in [0.29, 0.717) is 12.1 Å². The molecule has 1 aliphatic heterocycles. The van der Waals surface area contributed by atoms with Crippen LogP contribution in [0, 0.1) is 0 Å². The quantitative estimate of drug-likeness (QED) is 0.907. The predicted molar refractivity (Wildman–Crippen MR) is 73.0 cm³/mol. The second-order valence-electron chi connectivity index (χ2n) is 4.70. The van der Waals surface area contributed by atoms with Gasteiger partial charge in [0, 0.05) is 20.1 Å². The monoisotopic (exact) mass is 256 g/mol. The van der Waals surface area contributed by atoms with Crippen LogP contribution < -0.4 is 5.32 Å². The van der Waals surface area contributed by atoms with E-state index < -0.39 is 0 Å². The largest absolute Gasteiger partial charge is 0.368 e. The summed E-state index contributed by atoms with van der Waals surface area (Å²) in [7, 11) is 1.81. The molecule has 1 amide bonds. The molecule has 98 valence electrons. The fourth-order valence-electron chi connectivity index (χ4n) is 2.31. The number of nitrogens with zero attached hydrogens (tertiary/aromatic N) is 3. The molecular formula is C14H16N4O. The van der Waals surface area contributed by atoms with E-state index in [9.17, 15) is 4.79 Å². The molecule has 0 aliphatic carbocycles. The topological polar surface area (TPSA) is 50.2 Å². The minimum atomic E-state index is -0.000460. The molecule has 0 saturated carbocycles. The number of amides is 1. The molecule has 3 rings (SSSR count). The number of benzene rings is 1. The molecule has 1 N–H and O–H groups in total. The number of hydrogen-bond acceptors (Lipinski definition) is 3. The second-order valence-corrected chi connectivity index (χ2v) is 4.70. The molecule has 1 aromatic heterocycles. The van der Waals surface area contributed by atoms with Crippen molar-refractivity contribution in [3.63, 3.8) is 0 Å². The summed E-state index contributed by atoms with van der Waals surface area (Å²) >= 11 is 0. The highest BCUT2D eigenvalue weighted by Gasteiger charge is 2.23. The molecule has 0 bridgehead atoms. The van der Waals surface area contributed by atoms with E-state index in [4.69, 9.17) is 0 Å². The van der Waals surface area contributed by atoms with Gasteiger partial charge < -0.3 is 10.2 Å². The number of carbonyl (C=O) groups is 1. The number of rotatable bonds is 3. The van der Waals surface area contributed by atoms with Crippen molar-refractivity contribution in [1.82, 2.24) is 14.7 Å². The molecule has 2 aromatic rings. The van der Waals surface area contributed by atoms with Crippen molar-refractivity contribution in [2.75, 3.05) is 18.9 Å². The summed E-state index contributed by atoms with van der Waals surface area (Å²) in [4.78, 5) is 14.1. The third-order valence-electron chi connectivity index (χ3n) is 3.30. The van der Waals surface area contributed by atoms with E-state index in [1.165, 1.54) is 0 Å². The number of carbonyl (C=O) groups excluding carboxylic acids is 1. The smallest absolute Gasteiger partial charge is 0.259 e. The lowest BCUT2D eigenvalue weighted by Gasteiger charge is -2.17. The van der Waals surface area contributed by atoms with Crippen molar-refractivity contribution in [2.45, 2.75) is 13.1 Å². The molecule has 0 spiro atoms. The Kier molecular flexibility index (Phi) is 2.95. The van der Waals surface area contributed by atoms with Crippen LogP contribution >= 0.6 is 0 Å². The third kappa shape index (κ3) is 2.19. The van der Waals surface area contributed by atoms with Gasteiger partial charge in [0.1, 0.15) is 11.4 Å². The fourth-order valence-corrected chi connectivity index (χ4v) is 2.31. The Morgan fingerprint density at radius 3 is 3.00 bits per heavy atom. The molecule has 1 aromatic carbocycles. The Labute approximate surface area is 111 Å². The summed E-state index contributed by atoms with van der Waals surface area (Å²) in [6.45, 7) is 2.27. The van der Waals surface area contributed by atoms with Gasteiger partial charge in [-0.15, -0.1) is 0 Å². The highest BCUT2D eigenvalue weighted by molar-refractivity contribution is 5.98. The third-order valence-corrected chi connectivity index (χ3v) is 3.30. The first-order valence-corrected chi connectivity index (χ1v) is 6.35. The van der Waals surface area contributed by atoms with Gasteiger partial charge in [-0.05, 0) is 5.56 Å². The van der Waals surface area contributed by atoms with Gasteiger partial charge in [0.2, 0.25) is 0 Å². The number of aromatic nitrogens is 2. The van der Waals surface area contributed by atoms with Crippen LogP contribution in [0.4, 0.5) is 5.82 Å². The van der Waals surface area contributed by atoms with Gasteiger partial charge in [-0.25, -0.2) is 4.68 Å². The zero-order valence-corrected chi connectivity index (χ0v) is 10.8. The summed E-state index contributed by atoms with van der Waals surface area (Å²) in [5.41, 5.74) is 1.77. The molecule has 5 nitrogen and oxygen atoms in total. The van der Waals surface area contributed by atoms with Crippen molar-refractivity contribution in [2.24, 2.45) is 0 Å². The van der Waals surface area contributed by atoms with Crippen molar-refractivity contribution in [3.05, 3.63) is 47.7 Å². The average molecular weight is 256 g/mol. The van der Waals surface area contributed by atoms with Gasteiger partial charge in [0.15, 0.2) is 0 Å². The summed E-state index contributed by atoms with van der Waals surface area (Å²) in [6, 6.07) is 9.97. The number of fused-ring (bicyclic) bond motifs is 1. The molecule has 2 heterocycles. The van der Waals surface area contributed by atoms with Crippen LogP contribution in [0.5, 0.6) is 0 Å². The lowest BCUT2D eigenvalue weighted by atomic mass is 10.2. The first kappa shape index (κ1) is 11.8. The van der Waals surface area contributed by atoms with Gasteiger partial charge in [0.05, 0.1) is 12.7 Å². The molecule has 5 heteroatoms. The van der Waals surface area contributed by atoms with E-state index in [0.717, 1.165) is 24.5 Å². The van der Waals surface area contributed by atoms with Gasteiger partial charge in [-0.2, -0.15) is 5.10 Å². The maximum absolute atomic E-state index is 12.4. The summed E-state index contributed by atoms with van der Waals surface area (Å²) < 4.78 is 1.84. The highest BCUT2D eigenvalue weighted by Crippen LogP contribution is 2.21. The summed E-state index contributed by atoms with van der Waals surface area (Å²) in [6.07, 6.45) is 1.64. The predicted octanol–water partition coefficient (Wildman–Crippen LogP) is 1.58. The van der Waals surface area contributed by atoms with E-state index in [-0.39, 0.29) is 5.91 Å². The first-order valence-electron chi connectivity index (χ1n) is 6.35. The Hall–Kier alpha value is -2.30. The van der Waals surface area contributed by atoms with Gasteiger partial charge in [-0.1, -0.05) is 30.3 Å². The van der Waals surface area contributed by atoms with Crippen LogP contribution in [0.15, 0.2) is 36.5 Å². The molecule has 0 fully saturated rings. The van der Waals surface area contributed by atoms with E-state index in [1.54, 1.807) is 11.1 Å². The number of hydrogen-bond donors (Lipinski definition) is 1. The molecule has 1 aliphatic rings. The SMILES string of the molecule is CN(Cc1ccccc1)C(=O)c1cnn2c1NCC2. The molecule has 0 saturated heterocycles. The Bertz CT molecular complexity index is 591. The fraction of sp³-hybridized carbons (Fsp3) is 0.286. The minimum Gasteiger partial charge on any atom is -0.368 e. The van der Waals surface area contributed by atoms with Crippen LogP contribution in [-0.4, -0.2) is 34.2 Å². The van der Waals surface area contributed by atoms with Crippen LogP contribution in [0.2, 0.25) is 0 Å². The van der Waals surface area contributed by atoms with E-state index >= 15 is 0 Å². The van der Waals surface area contributed by atoms with Crippen molar-refractivity contribution >= 4 is 11.7 Å². The van der Waals surface area contributed by atoms with Crippen molar-refractivity contribution in [1.29, 1.82) is 0 Å². The van der Waals surface area contributed by atoms with Crippen molar-refractivity contribution in [3.8, 4) is 0 Å². The van der Waals surface area contributed by atoms with Gasteiger partial charge in [0.25, 0.3) is 5.91 Å². The lowest BCUT2D eigenvalue weighted by Crippen LogP contribution is -2.26. The average Bonchev–Trinajstić information content (AvgIpc) is 3.01. The normalized spacial score (nSPS) is 12.9. The Morgan fingerprint density at radius 2 is 2.21 bits per heavy atom. The van der Waals surface area contributed by atoms with Crippen LogP contribution in [0.3, 0.4) is 0 Å². The Balaban J connectivity index is 1.76. The maximum Gasteiger partial charge on any atom is 0.259 e. The zero-order chi connectivity index (χ0) is 13.2. The molecule has 0 unspecified atom stereocenters. The first-order chi connectivity index (χ1) is 9.25. The van der Waals surface area contributed by atoms with Crippen LogP contribution in [-0.2, 0) is 13.1 Å². The molecule has 0 radical (unpaired) electrons. The summed E-state index contributed by atoms with van der Waals surface area (Å²) in [5, 5.41) is 7.42. The van der Waals surface area contributed by atoms with Crippen LogP contribution in [0.1, 0.15) is 15.9 Å². The molecule has 0 atom stereocenters. The highest BCUT2D eigenvalue weighted by atomic mass is 16.2. The minimum absolute atomic E-state index is 0.000460. The van der Waals surface area contributed by atoms with Gasteiger partial charge in [-0.3, -0.25) is 4.79 Å². The van der Waals surface area contributed by atoms with E-state index in [1.807, 2.05) is 42.1 Å². The molecular weight excluding hydrogens is 240 g/mol.